The first-order valence-corrected chi connectivity index (χ1v) is 7.48. The molecule has 1 aromatic carbocycles. The number of carbonyl (C=O) groups is 1. The number of nitrogens with one attached hydrogen (secondary N) is 1. The number of carbonyl (C=O) groups excluding carboxylic acids is 1. The molecule has 0 radical (unpaired) electrons. The zero-order valence-electron chi connectivity index (χ0n) is 13.0. The molecule has 1 N–H and O–H groups in total. The summed E-state index contributed by atoms with van der Waals surface area (Å²) in [5.74, 6) is 1.06. The van der Waals surface area contributed by atoms with Gasteiger partial charge in [0.2, 0.25) is 5.91 Å². The fourth-order valence-electron chi connectivity index (χ4n) is 3.13. The van der Waals surface area contributed by atoms with Crippen molar-refractivity contribution in [2.24, 2.45) is 11.8 Å². The van der Waals surface area contributed by atoms with Gasteiger partial charge in [-0.1, -0.05) is 26.0 Å². The average Bonchev–Trinajstić information content (AvgIpc) is 2.81. The van der Waals surface area contributed by atoms with Gasteiger partial charge in [0.25, 0.3) is 0 Å². The number of benzene rings is 1. The van der Waals surface area contributed by atoms with Gasteiger partial charge in [0, 0.05) is 32.6 Å². The molecule has 1 saturated heterocycles. The van der Waals surface area contributed by atoms with Crippen LogP contribution in [0.3, 0.4) is 0 Å². The molecule has 0 aliphatic carbocycles. The number of amides is 1. The highest BCUT2D eigenvalue weighted by Crippen LogP contribution is 2.25. The van der Waals surface area contributed by atoms with Crippen molar-refractivity contribution in [3.63, 3.8) is 0 Å². The Bertz CT molecular complexity index is 547. The molecule has 2 atom stereocenters. The van der Waals surface area contributed by atoms with Crippen molar-refractivity contribution in [1.29, 1.82) is 5.26 Å². The van der Waals surface area contributed by atoms with Gasteiger partial charge in [-0.05, 0) is 29.5 Å². The molecule has 1 aromatic rings. The van der Waals surface area contributed by atoms with E-state index in [0.29, 0.717) is 17.4 Å². The zero-order chi connectivity index (χ0) is 15.4. The number of rotatable bonds is 4. The molecule has 1 heterocycles. The fraction of sp³-hybridized carbons (Fsp3) is 0.529. The van der Waals surface area contributed by atoms with E-state index in [1.165, 1.54) is 0 Å². The summed E-state index contributed by atoms with van der Waals surface area (Å²) in [6, 6.07) is 10.1. The van der Waals surface area contributed by atoms with E-state index < -0.39 is 0 Å². The lowest BCUT2D eigenvalue weighted by Crippen LogP contribution is -2.40. The Balaban J connectivity index is 2.04. The van der Waals surface area contributed by atoms with Crippen molar-refractivity contribution in [3.05, 3.63) is 35.4 Å². The van der Waals surface area contributed by atoms with Crippen LogP contribution in [0.15, 0.2) is 24.3 Å². The summed E-state index contributed by atoms with van der Waals surface area (Å²) in [6.07, 6.45) is 0. The molecule has 0 unspecified atom stereocenters. The van der Waals surface area contributed by atoms with Gasteiger partial charge in [0.15, 0.2) is 0 Å². The van der Waals surface area contributed by atoms with Crippen molar-refractivity contribution in [3.8, 4) is 6.07 Å². The van der Waals surface area contributed by atoms with E-state index in [1.54, 1.807) is 6.92 Å². The van der Waals surface area contributed by atoms with Gasteiger partial charge in [0.1, 0.15) is 0 Å². The van der Waals surface area contributed by atoms with Crippen molar-refractivity contribution in [2.45, 2.75) is 33.4 Å². The Morgan fingerprint density at radius 1 is 1.48 bits per heavy atom. The van der Waals surface area contributed by atoms with Crippen molar-refractivity contribution in [1.82, 2.24) is 10.2 Å². The summed E-state index contributed by atoms with van der Waals surface area (Å²) < 4.78 is 0. The van der Waals surface area contributed by atoms with Gasteiger partial charge in [-0.3, -0.25) is 9.69 Å². The maximum absolute atomic E-state index is 11.4. The SMILES string of the molecule is CC(=O)N[C@@H]1CN(Cc2cccc(C#N)c2)C[C@H]1C(C)C. The molecule has 0 spiro atoms. The first kappa shape index (κ1) is 15.5. The van der Waals surface area contributed by atoms with Crippen LogP contribution in [0.2, 0.25) is 0 Å². The van der Waals surface area contributed by atoms with Crippen molar-refractivity contribution >= 4 is 5.91 Å². The molecule has 1 aliphatic heterocycles. The number of likely N-dealkylation sites (tertiary alicyclic amines) is 1. The van der Waals surface area contributed by atoms with Crippen molar-refractivity contribution < 1.29 is 4.79 Å². The van der Waals surface area contributed by atoms with Gasteiger partial charge in [-0.15, -0.1) is 0 Å². The first-order chi connectivity index (χ1) is 9.99. The maximum Gasteiger partial charge on any atom is 0.217 e. The molecule has 112 valence electrons. The van der Waals surface area contributed by atoms with E-state index in [2.05, 4.69) is 36.2 Å². The smallest absolute Gasteiger partial charge is 0.217 e. The van der Waals surface area contributed by atoms with Crippen LogP contribution in [-0.4, -0.2) is 29.9 Å². The fourth-order valence-corrected chi connectivity index (χ4v) is 3.13. The quantitative estimate of drug-likeness (QED) is 0.922. The highest BCUT2D eigenvalue weighted by molar-refractivity contribution is 5.73. The molecule has 4 nitrogen and oxygen atoms in total. The van der Waals surface area contributed by atoms with E-state index in [-0.39, 0.29) is 11.9 Å². The predicted octanol–water partition coefficient (Wildman–Crippen LogP) is 2.15. The molecular weight excluding hydrogens is 262 g/mol. The van der Waals surface area contributed by atoms with E-state index >= 15 is 0 Å². The number of nitriles is 1. The number of hydrogen-bond donors (Lipinski definition) is 1. The Morgan fingerprint density at radius 2 is 2.24 bits per heavy atom. The highest BCUT2D eigenvalue weighted by Gasteiger charge is 2.34. The minimum Gasteiger partial charge on any atom is -0.352 e. The minimum absolute atomic E-state index is 0.0407. The number of hydrogen-bond acceptors (Lipinski definition) is 3. The van der Waals surface area contributed by atoms with Crippen LogP contribution >= 0.6 is 0 Å². The zero-order valence-corrected chi connectivity index (χ0v) is 13.0. The molecule has 2 rings (SSSR count). The molecule has 0 aromatic heterocycles. The lowest BCUT2D eigenvalue weighted by atomic mass is 9.91. The van der Waals surface area contributed by atoms with Gasteiger partial charge < -0.3 is 5.32 Å². The topological polar surface area (TPSA) is 56.1 Å². The van der Waals surface area contributed by atoms with Crippen molar-refractivity contribution in [2.75, 3.05) is 13.1 Å². The summed E-state index contributed by atoms with van der Waals surface area (Å²) >= 11 is 0. The van der Waals surface area contributed by atoms with Gasteiger partial charge in [-0.2, -0.15) is 5.26 Å². The second-order valence-corrected chi connectivity index (χ2v) is 6.22. The summed E-state index contributed by atoms with van der Waals surface area (Å²) in [7, 11) is 0. The molecular formula is C17H23N3O. The Hall–Kier alpha value is -1.86. The molecule has 1 amide bonds. The lowest BCUT2D eigenvalue weighted by molar-refractivity contribution is -0.119. The second kappa shape index (κ2) is 6.73. The highest BCUT2D eigenvalue weighted by atomic mass is 16.1. The molecule has 21 heavy (non-hydrogen) atoms. The minimum atomic E-state index is 0.0407. The Morgan fingerprint density at radius 3 is 2.86 bits per heavy atom. The normalized spacial score (nSPS) is 22.2. The summed E-state index contributed by atoms with van der Waals surface area (Å²) in [6.45, 7) is 8.68. The largest absolute Gasteiger partial charge is 0.352 e. The van der Waals surface area contributed by atoms with Crippen LogP contribution in [0.1, 0.15) is 31.9 Å². The third-order valence-electron chi connectivity index (χ3n) is 4.15. The monoisotopic (exact) mass is 285 g/mol. The van der Waals surface area contributed by atoms with Gasteiger partial charge in [-0.25, -0.2) is 0 Å². The van der Waals surface area contributed by atoms with E-state index in [9.17, 15) is 4.79 Å². The summed E-state index contributed by atoms with van der Waals surface area (Å²) in [5, 5.41) is 12.0. The molecule has 1 aliphatic rings. The third kappa shape index (κ3) is 4.05. The number of nitrogens with zero attached hydrogens (tertiary/aromatic N) is 2. The third-order valence-corrected chi connectivity index (χ3v) is 4.15. The van der Waals surface area contributed by atoms with Crippen LogP contribution in [0.25, 0.3) is 0 Å². The first-order valence-electron chi connectivity index (χ1n) is 7.48. The van der Waals surface area contributed by atoms with E-state index in [1.807, 2.05) is 18.2 Å². The van der Waals surface area contributed by atoms with Crippen LogP contribution in [0, 0.1) is 23.2 Å². The average molecular weight is 285 g/mol. The summed E-state index contributed by atoms with van der Waals surface area (Å²) in [5.41, 5.74) is 1.85. The van der Waals surface area contributed by atoms with Crippen LogP contribution in [0.4, 0.5) is 0 Å². The molecule has 1 fully saturated rings. The van der Waals surface area contributed by atoms with Crippen LogP contribution < -0.4 is 5.32 Å². The maximum atomic E-state index is 11.4. The summed E-state index contributed by atoms with van der Waals surface area (Å²) in [4.78, 5) is 13.7. The van der Waals surface area contributed by atoms with Gasteiger partial charge >= 0.3 is 0 Å². The molecule has 4 heteroatoms. The molecule has 0 saturated carbocycles. The molecule has 0 bridgehead atoms. The van der Waals surface area contributed by atoms with Crippen LogP contribution in [-0.2, 0) is 11.3 Å². The van der Waals surface area contributed by atoms with Crippen LogP contribution in [0.5, 0.6) is 0 Å². The van der Waals surface area contributed by atoms with Gasteiger partial charge in [0.05, 0.1) is 11.6 Å². The second-order valence-electron chi connectivity index (χ2n) is 6.22. The van der Waals surface area contributed by atoms with E-state index in [4.69, 9.17) is 5.26 Å². The lowest BCUT2D eigenvalue weighted by Gasteiger charge is -2.22. The predicted molar refractivity (Wildman–Crippen MR) is 82.4 cm³/mol. The Labute approximate surface area is 126 Å². The standard InChI is InChI=1S/C17H23N3O/c1-12(2)16-10-20(11-17(16)19-13(3)21)9-15-6-4-5-14(7-15)8-18/h4-7,12,16-17H,9-11H2,1-3H3,(H,19,21)/t16-,17+/m0/s1. The Kier molecular flexibility index (Phi) is 4.98. The van der Waals surface area contributed by atoms with E-state index in [0.717, 1.165) is 25.2 Å².